The van der Waals surface area contributed by atoms with Crippen LogP contribution in [0.1, 0.15) is 6.42 Å². The van der Waals surface area contributed by atoms with Crippen molar-refractivity contribution in [1.29, 1.82) is 0 Å². The van der Waals surface area contributed by atoms with Crippen molar-refractivity contribution in [2.45, 2.75) is 19.5 Å². The van der Waals surface area contributed by atoms with Gasteiger partial charge in [-0.2, -0.15) is 6.08 Å². The summed E-state index contributed by atoms with van der Waals surface area (Å²) in [5.74, 6) is 0. The quantitative estimate of drug-likeness (QED) is 0.319. The van der Waals surface area contributed by atoms with Crippen molar-refractivity contribution in [1.82, 2.24) is 0 Å². The number of benzene rings is 1. The van der Waals surface area contributed by atoms with Gasteiger partial charge in [-0.05, 0) is 0 Å². The van der Waals surface area contributed by atoms with E-state index in [1.807, 2.05) is 30.4 Å². The number of halogens is 2. The Kier molecular flexibility index (Phi) is 33.1. The third kappa shape index (κ3) is 21.5. The molecule has 0 fully saturated rings. The molecule has 18 heavy (non-hydrogen) atoms. The number of nitrogens with one attached hydrogen (secondary N) is 1. The van der Waals surface area contributed by atoms with E-state index in [1.54, 1.807) is 12.1 Å². The number of hydrogen-bond acceptors (Lipinski definition) is 0. The van der Waals surface area contributed by atoms with Crippen LogP contribution in [-0.2, 0) is 25.8 Å². The first kappa shape index (κ1) is 26.7. The first-order valence-corrected chi connectivity index (χ1v) is 7.34. The van der Waals surface area contributed by atoms with E-state index in [0.29, 0.717) is 5.69 Å². The van der Waals surface area contributed by atoms with E-state index in [0.717, 1.165) is 15.9 Å². The molecule has 0 unspecified atom stereocenters. The fourth-order valence-electron chi connectivity index (χ4n) is 0.778. The molecular formula is C13H18Cl2HfNSi. The Balaban J connectivity index is -0.0000000808. The van der Waals surface area contributed by atoms with E-state index in [2.05, 4.69) is 25.2 Å². The molecule has 0 saturated carbocycles. The average Bonchev–Trinajstić information content (AvgIpc) is 2.78. The fourth-order valence-corrected chi connectivity index (χ4v) is 0.778. The molecule has 1 radical (unpaired) electrons. The van der Waals surface area contributed by atoms with Crippen LogP contribution in [0.25, 0.3) is 5.73 Å². The maximum atomic E-state index is 7.00. The normalized spacial score (nSPS) is 9.22. The van der Waals surface area contributed by atoms with Crippen molar-refractivity contribution in [2.75, 3.05) is 0 Å². The summed E-state index contributed by atoms with van der Waals surface area (Å²) >= 11 is 0. The van der Waals surface area contributed by atoms with Gasteiger partial charge in [0.25, 0.3) is 0 Å². The number of rotatable bonds is 0. The molecule has 1 aliphatic carbocycles. The van der Waals surface area contributed by atoms with Gasteiger partial charge in [-0.25, -0.2) is 12.2 Å². The summed E-state index contributed by atoms with van der Waals surface area (Å²) in [4.78, 5) is 0. The van der Waals surface area contributed by atoms with Crippen molar-refractivity contribution in [3.63, 3.8) is 0 Å². The molecule has 0 bridgehead atoms. The molecule has 0 saturated heterocycles. The average molecular weight is 466 g/mol. The molecule has 0 atom stereocenters. The van der Waals surface area contributed by atoms with Crippen molar-refractivity contribution in [3.05, 3.63) is 60.4 Å². The van der Waals surface area contributed by atoms with E-state index in [4.69, 9.17) is 5.73 Å². The van der Waals surface area contributed by atoms with Crippen molar-refractivity contribution >= 4 is 15.2 Å². The Morgan fingerprint density at radius 1 is 1.11 bits per heavy atom. The van der Waals surface area contributed by atoms with Gasteiger partial charge in [0, 0.05) is 9.52 Å². The molecule has 1 aliphatic rings. The van der Waals surface area contributed by atoms with E-state index in [9.17, 15) is 0 Å². The van der Waals surface area contributed by atoms with Gasteiger partial charge in [-0.3, -0.25) is 6.08 Å². The Morgan fingerprint density at radius 2 is 1.61 bits per heavy atom. The zero-order valence-electron chi connectivity index (χ0n) is 10.7. The second-order valence-corrected chi connectivity index (χ2v) is 4.10. The Bertz CT molecular complexity index is 282. The summed E-state index contributed by atoms with van der Waals surface area (Å²) in [6.07, 6.45) is 10.0. The Morgan fingerprint density at radius 3 is 1.78 bits per heavy atom. The van der Waals surface area contributed by atoms with Crippen LogP contribution in [0.2, 0.25) is 13.1 Å². The molecule has 1 N–H and O–H groups in total. The molecular weight excluding hydrogens is 448 g/mol. The Hall–Kier alpha value is 0.167. The first-order valence-electron chi connectivity index (χ1n) is 5.03. The van der Waals surface area contributed by atoms with Crippen molar-refractivity contribution in [3.8, 4) is 0 Å². The second kappa shape index (κ2) is 22.4. The summed E-state index contributed by atoms with van der Waals surface area (Å²) in [5.41, 5.74) is 7.57. The maximum absolute atomic E-state index is 7.00. The van der Waals surface area contributed by atoms with Crippen LogP contribution in [0.15, 0.2) is 48.6 Å². The molecule has 0 amide bonds. The van der Waals surface area contributed by atoms with Crippen LogP contribution < -0.4 is 24.8 Å². The van der Waals surface area contributed by atoms with E-state index >= 15 is 0 Å². The predicted molar refractivity (Wildman–Crippen MR) is 70.9 cm³/mol. The standard InChI is InChI=1S/C6H6N.C5H5.C2H7Si.2ClH.Hf/c7-6-4-2-1-3-5-6;1-2-4-5-3-1;1-3-2;;;/h1-5,7H;1-3H,4H2;3H,1-2H3;2*1H;/q2*-1;;;;+4/p-2. The topological polar surface area (TPSA) is 23.8 Å². The molecule has 1 aromatic carbocycles. The molecule has 5 heteroatoms. The smallest absolute Gasteiger partial charge is 1.00 e. The van der Waals surface area contributed by atoms with E-state index < -0.39 is 0 Å². The van der Waals surface area contributed by atoms with Gasteiger partial charge in [-0.1, -0.05) is 43.4 Å². The fraction of sp³-hybridized carbons (Fsp3) is 0.231. The van der Waals surface area contributed by atoms with Gasteiger partial charge in [0.05, 0.1) is 0 Å². The minimum Gasteiger partial charge on any atom is -1.00 e. The number of hydrogen-bond donors (Lipinski definition) is 0. The third-order valence-corrected chi connectivity index (χ3v) is 1.36. The van der Waals surface area contributed by atoms with Crippen molar-refractivity contribution < 1.29 is 50.7 Å². The van der Waals surface area contributed by atoms with E-state index in [-0.39, 0.29) is 50.7 Å². The van der Waals surface area contributed by atoms with E-state index in [1.165, 1.54) is 0 Å². The van der Waals surface area contributed by atoms with Crippen molar-refractivity contribution in [2.24, 2.45) is 0 Å². The van der Waals surface area contributed by atoms with Gasteiger partial charge >= 0.3 is 25.8 Å². The molecule has 0 aliphatic heterocycles. The molecule has 0 heterocycles. The van der Waals surface area contributed by atoms with Crippen LogP contribution in [-0.4, -0.2) is 9.52 Å². The zero-order valence-corrected chi connectivity index (χ0v) is 16.9. The molecule has 1 nitrogen and oxygen atoms in total. The van der Waals surface area contributed by atoms with Crippen LogP contribution in [0.4, 0.5) is 5.69 Å². The van der Waals surface area contributed by atoms with Gasteiger partial charge in [-0.15, -0.1) is 12.1 Å². The van der Waals surface area contributed by atoms with Crippen LogP contribution in [0.5, 0.6) is 0 Å². The minimum absolute atomic E-state index is 0. The SMILES string of the molecule is C[SiH]C.[C-]1=CC=CC1.[Cl-].[Cl-].[Hf+4].[NH-]c1ccccc1. The summed E-state index contributed by atoms with van der Waals surface area (Å²) < 4.78 is 0. The molecule has 2 rings (SSSR count). The predicted octanol–water partition coefficient (Wildman–Crippen LogP) is -1.80. The molecule has 0 aromatic heterocycles. The molecule has 97 valence electrons. The Labute approximate surface area is 145 Å². The maximum Gasteiger partial charge on any atom is 4.00 e. The van der Waals surface area contributed by atoms with Crippen LogP contribution in [0, 0.1) is 6.08 Å². The van der Waals surface area contributed by atoms with Crippen LogP contribution >= 0.6 is 0 Å². The monoisotopic (exact) mass is 466 g/mol. The molecule has 0 spiro atoms. The number of allylic oxidation sites excluding steroid dienone is 4. The zero-order chi connectivity index (χ0) is 11.4. The van der Waals surface area contributed by atoms with Gasteiger partial charge in [0.1, 0.15) is 0 Å². The first-order chi connectivity index (χ1) is 7.31. The van der Waals surface area contributed by atoms with Crippen LogP contribution in [0.3, 0.4) is 0 Å². The van der Waals surface area contributed by atoms with Gasteiger partial charge in [0.15, 0.2) is 0 Å². The largest absolute Gasteiger partial charge is 4.00 e. The second-order valence-electron chi connectivity index (χ2n) is 2.95. The summed E-state index contributed by atoms with van der Waals surface area (Å²) in [7, 11) is 0.750. The molecule has 1 aromatic rings. The third-order valence-electron chi connectivity index (χ3n) is 1.36. The van der Waals surface area contributed by atoms with Gasteiger partial charge in [0.2, 0.25) is 0 Å². The minimum atomic E-state index is 0. The summed E-state index contributed by atoms with van der Waals surface area (Å²) in [6, 6.07) is 9.10. The van der Waals surface area contributed by atoms with Gasteiger partial charge < -0.3 is 30.5 Å². The summed E-state index contributed by atoms with van der Waals surface area (Å²) in [6.45, 7) is 4.42. The summed E-state index contributed by atoms with van der Waals surface area (Å²) in [5, 5.41) is 0.